The molecule has 1 aromatic rings. The molecule has 0 saturated heterocycles. The van der Waals surface area contributed by atoms with Crippen LogP contribution in [0, 0.1) is 5.92 Å². The van der Waals surface area contributed by atoms with Crippen LogP contribution in [0.4, 0.5) is 13.2 Å². The Labute approximate surface area is 138 Å². The molecule has 1 saturated carbocycles. The van der Waals surface area contributed by atoms with E-state index in [-0.39, 0.29) is 5.92 Å². The first-order valence-corrected chi connectivity index (χ1v) is 8.20. The van der Waals surface area contributed by atoms with Crippen LogP contribution in [-0.2, 0) is 11.0 Å². The molecule has 24 heavy (non-hydrogen) atoms. The molecule has 136 valence electrons. The molecule has 1 amide bonds. The first-order chi connectivity index (χ1) is 11.0. The van der Waals surface area contributed by atoms with Crippen LogP contribution in [0.2, 0.25) is 0 Å². The van der Waals surface area contributed by atoms with Gasteiger partial charge in [0.15, 0.2) is 0 Å². The van der Waals surface area contributed by atoms with E-state index in [9.17, 15) is 22.8 Å². The van der Waals surface area contributed by atoms with Crippen molar-refractivity contribution in [3.05, 3.63) is 22.1 Å². The van der Waals surface area contributed by atoms with Gasteiger partial charge in [0, 0.05) is 11.6 Å². The van der Waals surface area contributed by atoms with Gasteiger partial charge in [0.05, 0.1) is 0 Å². The van der Waals surface area contributed by atoms with Crippen LogP contribution in [0.25, 0.3) is 0 Å². The van der Waals surface area contributed by atoms with Crippen molar-refractivity contribution in [3.63, 3.8) is 0 Å². The van der Waals surface area contributed by atoms with Gasteiger partial charge < -0.3 is 5.32 Å². The van der Waals surface area contributed by atoms with E-state index < -0.39 is 34.9 Å². The second kappa shape index (κ2) is 6.64. The topological polar surface area (TPSA) is 66.9 Å². The molecular formula is C16H24F3N3O2. The van der Waals surface area contributed by atoms with Gasteiger partial charge in [-0.1, -0.05) is 19.3 Å². The minimum Gasteiger partial charge on any atom is -0.350 e. The molecule has 5 nitrogen and oxygen atoms in total. The Balaban J connectivity index is 2.46. The molecule has 8 heteroatoms. The number of aromatic nitrogens is 2. The number of nitrogens with zero attached hydrogens (tertiary/aromatic N) is 1. The molecule has 1 atom stereocenters. The van der Waals surface area contributed by atoms with Gasteiger partial charge in [0.2, 0.25) is 5.91 Å². The standard InChI is InChI=1S/C16H24F3N3O2/c1-15(2,3)20-14(24)13(10-7-5-4-6-8-10)22-11(16(17,18)19)9-12(23)21-22/h9-10,13H,4-8H2,1-3H3,(H,20,24)(H,21,23). The third-order valence-corrected chi connectivity index (χ3v) is 4.19. The number of alkyl halides is 3. The van der Waals surface area contributed by atoms with Crippen LogP contribution < -0.4 is 10.9 Å². The van der Waals surface area contributed by atoms with Crippen molar-refractivity contribution in [2.75, 3.05) is 0 Å². The van der Waals surface area contributed by atoms with Gasteiger partial charge in [-0.15, -0.1) is 0 Å². The van der Waals surface area contributed by atoms with Gasteiger partial charge >= 0.3 is 6.18 Å². The molecule has 0 aliphatic heterocycles. The first kappa shape index (κ1) is 18.6. The SMILES string of the molecule is CC(C)(C)NC(=O)C(C1CCCCC1)n1[nH]c(=O)cc1C(F)(F)F. The molecule has 1 aromatic heterocycles. The summed E-state index contributed by atoms with van der Waals surface area (Å²) in [5.41, 5.74) is -2.53. The van der Waals surface area contributed by atoms with E-state index in [4.69, 9.17) is 0 Å². The summed E-state index contributed by atoms with van der Waals surface area (Å²) in [5.74, 6) is -0.725. The van der Waals surface area contributed by atoms with Gasteiger partial charge in [-0.2, -0.15) is 13.2 Å². The van der Waals surface area contributed by atoms with Gasteiger partial charge in [0.25, 0.3) is 5.56 Å². The maximum atomic E-state index is 13.3. The quantitative estimate of drug-likeness (QED) is 0.881. The molecule has 1 fully saturated rings. The lowest BCUT2D eigenvalue weighted by Crippen LogP contribution is -2.47. The predicted molar refractivity (Wildman–Crippen MR) is 83.6 cm³/mol. The normalized spacial score (nSPS) is 18.4. The van der Waals surface area contributed by atoms with E-state index >= 15 is 0 Å². The van der Waals surface area contributed by atoms with Gasteiger partial charge in [0.1, 0.15) is 11.7 Å². The summed E-state index contributed by atoms with van der Waals surface area (Å²) in [6, 6.07) is -0.552. The second-order valence-electron chi connectivity index (χ2n) is 7.46. The molecule has 0 spiro atoms. The number of hydrogen-bond donors (Lipinski definition) is 2. The van der Waals surface area contributed by atoms with E-state index in [0.29, 0.717) is 18.9 Å². The highest BCUT2D eigenvalue weighted by atomic mass is 19.4. The van der Waals surface area contributed by atoms with E-state index in [1.807, 2.05) is 0 Å². The first-order valence-electron chi connectivity index (χ1n) is 8.20. The molecule has 2 rings (SSSR count). The number of amides is 1. The van der Waals surface area contributed by atoms with Crippen molar-refractivity contribution in [2.45, 2.75) is 70.6 Å². The molecule has 1 heterocycles. The van der Waals surface area contributed by atoms with Crippen LogP contribution in [0.5, 0.6) is 0 Å². The summed E-state index contributed by atoms with van der Waals surface area (Å²) in [5, 5.41) is 4.95. The fourth-order valence-electron chi connectivity index (χ4n) is 3.28. The number of carbonyl (C=O) groups is 1. The third kappa shape index (κ3) is 4.42. The van der Waals surface area contributed by atoms with Crippen LogP contribution >= 0.6 is 0 Å². The molecule has 0 bridgehead atoms. The van der Waals surface area contributed by atoms with Gasteiger partial charge in [-0.25, -0.2) is 0 Å². The number of hydrogen-bond acceptors (Lipinski definition) is 2. The molecule has 0 aromatic carbocycles. The minimum absolute atomic E-state index is 0.231. The highest BCUT2D eigenvalue weighted by Crippen LogP contribution is 2.37. The predicted octanol–water partition coefficient (Wildman–Crippen LogP) is 3.23. The van der Waals surface area contributed by atoms with Crippen LogP contribution in [0.3, 0.4) is 0 Å². The maximum Gasteiger partial charge on any atom is 0.433 e. The average molecular weight is 347 g/mol. The summed E-state index contributed by atoms with van der Waals surface area (Å²) in [6.07, 6.45) is -0.611. The Bertz CT molecular complexity index is 634. The second-order valence-corrected chi connectivity index (χ2v) is 7.46. The van der Waals surface area contributed by atoms with Crippen molar-refractivity contribution >= 4 is 5.91 Å². The zero-order chi connectivity index (χ0) is 18.1. The minimum atomic E-state index is -4.70. The monoisotopic (exact) mass is 347 g/mol. The number of carbonyl (C=O) groups excluding carboxylic acids is 1. The zero-order valence-corrected chi connectivity index (χ0v) is 14.2. The number of aromatic amines is 1. The summed E-state index contributed by atoms with van der Waals surface area (Å²) in [4.78, 5) is 24.3. The summed E-state index contributed by atoms with van der Waals surface area (Å²) < 4.78 is 40.6. The van der Waals surface area contributed by atoms with E-state index in [2.05, 4.69) is 10.4 Å². The molecular weight excluding hydrogens is 323 g/mol. The fourth-order valence-corrected chi connectivity index (χ4v) is 3.28. The molecule has 2 N–H and O–H groups in total. The third-order valence-electron chi connectivity index (χ3n) is 4.19. The van der Waals surface area contributed by atoms with Crippen molar-refractivity contribution in [1.82, 2.24) is 15.1 Å². The molecule has 0 radical (unpaired) electrons. The zero-order valence-electron chi connectivity index (χ0n) is 14.2. The molecule has 1 aliphatic rings. The van der Waals surface area contributed by atoms with Crippen molar-refractivity contribution in [1.29, 1.82) is 0 Å². The lowest BCUT2D eigenvalue weighted by atomic mass is 9.83. The lowest BCUT2D eigenvalue weighted by Gasteiger charge is -2.33. The Kier molecular flexibility index (Phi) is 5.15. The van der Waals surface area contributed by atoms with E-state index in [1.54, 1.807) is 20.8 Å². The fraction of sp³-hybridized carbons (Fsp3) is 0.750. The van der Waals surface area contributed by atoms with Gasteiger partial charge in [-0.3, -0.25) is 19.4 Å². The number of H-pyrrole nitrogens is 1. The number of rotatable bonds is 3. The number of halogens is 3. The highest BCUT2D eigenvalue weighted by Gasteiger charge is 2.41. The smallest absolute Gasteiger partial charge is 0.350 e. The summed E-state index contributed by atoms with van der Waals surface area (Å²) in [6.45, 7) is 5.31. The largest absolute Gasteiger partial charge is 0.433 e. The maximum absolute atomic E-state index is 13.3. The Hall–Kier alpha value is -1.73. The van der Waals surface area contributed by atoms with E-state index in [1.165, 1.54) is 0 Å². The van der Waals surface area contributed by atoms with Gasteiger partial charge in [-0.05, 0) is 39.5 Å². The van der Waals surface area contributed by atoms with E-state index in [0.717, 1.165) is 23.9 Å². The van der Waals surface area contributed by atoms with Crippen LogP contribution in [-0.4, -0.2) is 21.2 Å². The Morgan fingerprint density at radius 3 is 2.33 bits per heavy atom. The van der Waals surface area contributed by atoms with Crippen LogP contribution in [0.1, 0.15) is 64.6 Å². The highest BCUT2D eigenvalue weighted by molar-refractivity contribution is 5.81. The summed E-state index contributed by atoms with van der Waals surface area (Å²) in [7, 11) is 0. The molecule has 1 aliphatic carbocycles. The summed E-state index contributed by atoms with van der Waals surface area (Å²) >= 11 is 0. The van der Waals surface area contributed by atoms with Crippen LogP contribution in [0.15, 0.2) is 10.9 Å². The molecule has 1 unspecified atom stereocenters. The van der Waals surface area contributed by atoms with Crippen molar-refractivity contribution in [3.8, 4) is 0 Å². The Morgan fingerprint density at radius 1 is 1.25 bits per heavy atom. The van der Waals surface area contributed by atoms with Crippen molar-refractivity contribution < 1.29 is 18.0 Å². The average Bonchev–Trinajstić information content (AvgIpc) is 2.80. The van der Waals surface area contributed by atoms with Crippen molar-refractivity contribution in [2.24, 2.45) is 5.92 Å². The lowest BCUT2D eigenvalue weighted by molar-refractivity contribution is -0.147. The number of nitrogens with one attached hydrogen (secondary N) is 2. The Morgan fingerprint density at radius 2 is 1.83 bits per heavy atom.